The van der Waals surface area contributed by atoms with Crippen LogP contribution in [0.3, 0.4) is 0 Å². The fourth-order valence-corrected chi connectivity index (χ4v) is 4.41. The molecule has 1 fully saturated rings. The first-order valence-electron chi connectivity index (χ1n) is 10.5. The van der Waals surface area contributed by atoms with Crippen LogP contribution >= 0.6 is 0 Å². The second kappa shape index (κ2) is 7.78. The molecule has 6 nitrogen and oxygen atoms in total. The zero-order valence-corrected chi connectivity index (χ0v) is 16.8. The Balaban J connectivity index is 1.31. The Hall–Kier alpha value is -3.41. The average molecular weight is 400 g/mol. The van der Waals surface area contributed by atoms with Gasteiger partial charge in [-0.05, 0) is 37.1 Å². The zero-order chi connectivity index (χ0) is 20.5. The SMILES string of the molecule is O=C(c1ccc(N2CCCC2=O)cc1)N1CCc2[nH]nc(-c3ccccc3)c2CC1. The molecule has 0 saturated carbocycles. The summed E-state index contributed by atoms with van der Waals surface area (Å²) in [5, 5.41) is 7.71. The van der Waals surface area contributed by atoms with Crippen molar-refractivity contribution in [1.82, 2.24) is 15.1 Å². The molecular weight excluding hydrogens is 376 g/mol. The fourth-order valence-electron chi connectivity index (χ4n) is 4.41. The molecule has 0 radical (unpaired) electrons. The molecule has 30 heavy (non-hydrogen) atoms. The minimum atomic E-state index is 0.0358. The van der Waals surface area contributed by atoms with Gasteiger partial charge in [-0.15, -0.1) is 0 Å². The van der Waals surface area contributed by atoms with Crippen molar-refractivity contribution in [2.75, 3.05) is 24.5 Å². The van der Waals surface area contributed by atoms with E-state index in [0.29, 0.717) is 25.1 Å². The van der Waals surface area contributed by atoms with Crippen LogP contribution in [0.15, 0.2) is 54.6 Å². The topological polar surface area (TPSA) is 69.3 Å². The molecule has 0 bridgehead atoms. The van der Waals surface area contributed by atoms with Gasteiger partial charge in [0, 0.05) is 60.5 Å². The fraction of sp³-hybridized carbons (Fsp3) is 0.292. The van der Waals surface area contributed by atoms with Crippen molar-refractivity contribution in [3.05, 3.63) is 71.4 Å². The van der Waals surface area contributed by atoms with E-state index in [1.165, 1.54) is 5.56 Å². The van der Waals surface area contributed by atoms with Gasteiger partial charge in [0.2, 0.25) is 5.91 Å². The molecule has 1 N–H and O–H groups in total. The van der Waals surface area contributed by atoms with Gasteiger partial charge >= 0.3 is 0 Å². The van der Waals surface area contributed by atoms with Crippen molar-refractivity contribution in [1.29, 1.82) is 0 Å². The number of H-pyrrole nitrogens is 1. The maximum atomic E-state index is 13.1. The van der Waals surface area contributed by atoms with Crippen LogP contribution < -0.4 is 4.90 Å². The number of anilines is 1. The van der Waals surface area contributed by atoms with E-state index < -0.39 is 0 Å². The second-order valence-electron chi connectivity index (χ2n) is 7.88. The van der Waals surface area contributed by atoms with Gasteiger partial charge in [-0.2, -0.15) is 5.10 Å². The molecule has 0 atom stereocenters. The number of aromatic amines is 1. The van der Waals surface area contributed by atoms with Gasteiger partial charge in [0.15, 0.2) is 0 Å². The third-order valence-electron chi connectivity index (χ3n) is 6.05. The minimum absolute atomic E-state index is 0.0358. The number of aromatic nitrogens is 2. The van der Waals surface area contributed by atoms with Crippen LogP contribution in [-0.2, 0) is 17.6 Å². The van der Waals surface area contributed by atoms with Crippen LogP contribution in [0.1, 0.15) is 34.5 Å². The first-order valence-corrected chi connectivity index (χ1v) is 10.5. The van der Waals surface area contributed by atoms with Gasteiger partial charge in [0.05, 0.1) is 5.69 Å². The van der Waals surface area contributed by atoms with Crippen molar-refractivity contribution in [3.63, 3.8) is 0 Å². The van der Waals surface area contributed by atoms with Crippen LogP contribution in [0, 0.1) is 0 Å². The molecule has 2 aliphatic rings. The Labute approximate surface area is 175 Å². The highest BCUT2D eigenvalue weighted by atomic mass is 16.2. The molecule has 1 saturated heterocycles. The van der Waals surface area contributed by atoms with Crippen LogP contribution in [0.4, 0.5) is 5.69 Å². The molecule has 3 aromatic rings. The van der Waals surface area contributed by atoms with Crippen molar-refractivity contribution in [3.8, 4) is 11.3 Å². The third kappa shape index (κ3) is 3.38. The Bertz CT molecular complexity index is 1070. The van der Waals surface area contributed by atoms with Crippen molar-refractivity contribution >= 4 is 17.5 Å². The quantitative estimate of drug-likeness (QED) is 0.732. The number of rotatable bonds is 3. The number of nitrogens with zero attached hydrogens (tertiary/aromatic N) is 3. The lowest BCUT2D eigenvalue weighted by Gasteiger charge is -2.21. The Morgan fingerprint density at radius 1 is 0.900 bits per heavy atom. The monoisotopic (exact) mass is 400 g/mol. The van der Waals surface area contributed by atoms with Gasteiger partial charge in [-0.1, -0.05) is 30.3 Å². The molecule has 2 amide bonds. The van der Waals surface area contributed by atoms with Crippen LogP contribution in [0.25, 0.3) is 11.3 Å². The molecule has 1 aromatic heterocycles. The summed E-state index contributed by atoms with van der Waals surface area (Å²) >= 11 is 0. The summed E-state index contributed by atoms with van der Waals surface area (Å²) in [6, 6.07) is 17.6. The smallest absolute Gasteiger partial charge is 0.253 e. The van der Waals surface area contributed by atoms with Crippen molar-refractivity contribution in [2.24, 2.45) is 0 Å². The Morgan fingerprint density at radius 2 is 1.67 bits per heavy atom. The molecule has 0 aliphatic carbocycles. The molecule has 0 spiro atoms. The van der Waals surface area contributed by atoms with E-state index in [1.807, 2.05) is 47.4 Å². The van der Waals surface area contributed by atoms with E-state index in [-0.39, 0.29) is 11.8 Å². The maximum Gasteiger partial charge on any atom is 0.253 e. The molecule has 152 valence electrons. The zero-order valence-electron chi connectivity index (χ0n) is 16.8. The van der Waals surface area contributed by atoms with E-state index in [0.717, 1.165) is 48.4 Å². The number of fused-ring (bicyclic) bond motifs is 1. The second-order valence-corrected chi connectivity index (χ2v) is 7.88. The number of benzene rings is 2. The number of nitrogens with one attached hydrogen (secondary N) is 1. The molecule has 0 unspecified atom stereocenters. The molecular formula is C24H24N4O2. The summed E-state index contributed by atoms with van der Waals surface area (Å²) < 4.78 is 0. The van der Waals surface area contributed by atoms with Crippen LogP contribution in [0.5, 0.6) is 0 Å². The highest BCUT2D eigenvalue weighted by Gasteiger charge is 2.25. The lowest BCUT2D eigenvalue weighted by atomic mass is 10.0. The summed E-state index contributed by atoms with van der Waals surface area (Å²) in [7, 11) is 0. The van der Waals surface area contributed by atoms with Gasteiger partial charge in [-0.3, -0.25) is 14.7 Å². The molecule has 3 heterocycles. The molecule has 2 aromatic carbocycles. The summed E-state index contributed by atoms with van der Waals surface area (Å²) in [4.78, 5) is 28.7. The Kier molecular flexibility index (Phi) is 4.83. The number of carbonyl (C=O) groups excluding carboxylic acids is 2. The van der Waals surface area contributed by atoms with Gasteiger partial charge in [-0.25, -0.2) is 0 Å². The first-order chi connectivity index (χ1) is 14.7. The van der Waals surface area contributed by atoms with E-state index in [2.05, 4.69) is 22.3 Å². The van der Waals surface area contributed by atoms with E-state index >= 15 is 0 Å². The number of hydrogen-bond donors (Lipinski definition) is 1. The van der Waals surface area contributed by atoms with Crippen LogP contribution in [0.2, 0.25) is 0 Å². The summed E-state index contributed by atoms with van der Waals surface area (Å²) in [6.07, 6.45) is 3.05. The number of hydrogen-bond acceptors (Lipinski definition) is 3. The van der Waals surface area contributed by atoms with Gasteiger partial charge < -0.3 is 9.80 Å². The normalized spacial score (nSPS) is 16.5. The van der Waals surface area contributed by atoms with Crippen molar-refractivity contribution in [2.45, 2.75) is 25.7 Å². The highest BCUT2D eigenvalue weighted by Crippen LogP contribution is 2.27. The average Bonchev–Trinajstić information content (AvgIpc) is 3.34. The third-order valence-corrected chi connectivity index (χ3v) is 6.05. The van der Waals surface area contributed by atoms with Crippen molar-refractivity contribution < 1.29 is 9.59 Å². The largest absolute Gasteiger partial charge is 0.338 e. The number of carbonyl (C=O) groups is 2. The van der Waals surface area contributed by atoms with E-state index in [9.17, 15) is 9.59 Å². The highest BCUT2D eigenvalue weighted by molar-refractivity contribution is 5.97. The van der Waals surface area contributed by atoms with E-state index in [4.69, 9.17) is 0 Å². The van der Waals surface area contributed by atoms with Gasteiger partial charge in [0.25, 0.3) is 5.91 Å². The number of amides is 2. The Morgan fingerprint density at radius 3 is 2.40 bits per heavy atom. The summed E-state index contributed by atoms with van der Waals surface area (Å²) in [6.45, 7) is 2.08. The molecule has 6 heteroatoms. The predicted octanol–water partition coefficient (Wildman–Crippen LogP) is 3.44. The first kappa shape index (κ1) is 18.6. The van der Waals surface area contributed by atoms with Crippen LogP contribution in [-0.4, -0.2) is 46.5 Å². The predicted molar refractivity (Wildman–Crippen MR) is 115 cm³/mol. The summed E-state index contributed by atoms with van der Waals surface area (Å²) in [5.74, 6) is 0.194. The molecule has 2 aliphatic heterocycles. The summed E-state index contributed by atoms with van der Waals surface area (Å²) in [5.41, 5.74) is 5.95. The lowest BCUT2D eigenvalue weighted by Crippen LogP contribution is -2.33. The lowest BCUT2D eigenvalue weighted by molar-refractivity contribution is -0.117. The maximum absolute atomic E-state index is 13.1. The minimum Gasteiger partial charge on any atom is -0.338 e. The van der Waals surface area contributed by atoms with Gasteiger partial charge in [0.1, 0.15) is 0 Å². The van der Waals surface area contributed by atoms with E-state index in [1.54, 1.807) is 4.90 Å². The molecule has 5 rings (SSSR count). The standard InChI is InChI=1S/C24H24N4O2/c29-22-7-4-14-28(22)19-10-8-18(9-11-19)24(30)27-15-12-20-21(13-16-27)25-26-23(20)17-5-2-1-3-6-17/h1-3,5-6,8-11H,4,7,12-16H2,(H,25,26).